The van der Waals surface area contributed by atoms with Gasteiger partial charge >= 0.3 is 5.97 Å². The average Bonchev–Trinajstić information content (AvgIpc) is 2.65. The quantitative estimate of drug-likeness (QED) is 0.562. The number of carboxylic acid groups (broad SMARTS) is 1. The Morgan fingerprint density at radius 1 is 1.00 bits per heavy atom. The Morgan fingerprint density at radius 3 is 2.22 bits per heavy atom. The van der Waals surface area contributed by atoms with E-state index in [0.717, 1.165) is 11.3 Å². The molecule has 138 valence electrons. The third-order valence-electron chi connectivity index (χ3n) is 3.86. The number of ether oxygens (including phenoxy) is 2. The molecule has 0 aliphatic heterocycles. The summed E-state index contributed by atoms with van der Waals surface area (Å²) in [5.74, 6) is 0.119. The Balaban J connectivity index is 1.85. The number of benzene rings is 2. The highest BCUT2D eigenvalue weighted by Crippen LogP contribution is 2.31. The maximum absolute atomic E-state index is 11.7. The lowest BCUT2D eigenvalue weighted by atomic mass is 10.0. The highest BCUT2D eigenvalue weighted by atomic mass is 35.5. The number of aromatic carboxylic acids is 1. The third-order valence-corrected chi connectivity index (χ3v) is 4.25. The van der Waals surface area contributed by atoms with Crippen LogP contribution in [0.4, 0.5) is 0 Å². The second-order valence-corrected chi connectivity index (χ2v) is 6.43. The number of pyridine rings is 1. The fraction of sp³-hybridized carbons (Fsp3) is 0.100. The molecule has 2 aromatic carbocycles. The van der Waals surface area contributed by atoms with Crippen molar-refractivity contribution in [3.8, 4) is 22.6 Å². The van der Waals surface area contributed by atoms with Gasteiger partial charge in [0, 0.05) is 0 Å². The van der Waals surface area contributed by atoms with Gasteiger partial charge in [-0.2, -0.15) is 0 Å². The zero-order chi connectivity index (χ0) is 19.4. The fourth-order valence-corrected chi connectivity index (χ4v) is 3.01. The van der Waals surface area contributed by atoms with E-state index in [2.05, 4.69) is 4.98 Å². The first-order chi connectivity index (χ1) is 13.0. The Hall–Kier alpha value is -2.76. The average molecular weight is 404 g/mol. The summed E-state index contributed by atoms with van der Waals surface area (Å²) in [6, 6.07) is 15.4. The molecule has 0 unspecified atom stereocenters. The van der Waals surface area contributed by atoms with E-state index in [4.69, 9.17) is 32.7 Å². The molecule has 0 amide bonds. The lowest BCUT2D eigenvalue weighted by molar-refractivity contribution is 0.0697. The van der Waals surface area contributed by atoms with E-state index in [-0.39, 0.29) is 15.9 Å². The molecule has 7 heteroatoms. The molecule has 3 aromatic rings. The number of carboxylic acids is 1. The lowest BCUT2D eigenvalue weighted by Gasteiger charge is -2.11. The van der Waals surface area contributed by atoms with E-state index >= 15 is 0 Å². The molecule has 1 N–H and O–H groups in total. The molecule has 0 saturated heterocycles. The molecule has 0 bridgehead atoms. The summed E-state index contributed by atoms with van der Waals surface area (Å²) < 4.78 is 10.8. The van der Waals surface area contributed by atoms with Crippen LogP contribution < -0.4 is 9.47 Å². The number of rotatable bonds is 6. The van der Waals surface area contributed by atoms with E-state index in [9.17, 15) is 9.90 Å². The maximum Gasteiger partial charge on any atom is 0.336 e. The van der Waals surface area contributed by atoms with Gasteiger partial charge in [0.25, 0.3) is 0 Å². The van der Waals surface area contributed by atoms with Crippen molar-refractivity contribution in [2.24, 2.45) is 0 Å². The van der Waals surface area contributed by atoms with E-state index in [0.29, 0.717) is 23.5 Å². The monoisotopic (exact) mass is 403 g/mol. The number of hydrogen-bond acceptors (Lipinski definition) is 4. The molecule has 0 atom stereocenters. The van der Waals surface area contributed by atoms with Gasteiger partial charge in [0.05, 0.1) is 12.7 Å². The second kappa shape index (κ2) is 8.29. The van der Waals surface area contributed by atoms with Crippen LogP contribution in [0.5, 0.6) is 11.5 Å². The minimum absolute atomic E-state index is 0.0839. The van der Waals surface area contributed by atoms with Crippen molar-refractivity contribution in [1.82, 2.24) is 4.98 Å². The first-order valence-electron chi connectivity index (χ1n) is 7.93. The minimum atomic E-state index is -1.08. The second-order valence-electron chi connectivity index (χ2n) is 5.65. The van der Waals surface area contributed by atoms with Gasteiger partial charge in [-0.3, -0.25) is 0 Å². The van der Waals surface area contributed by atoms with Gasteiger partial charge in [0.1, 0.15) is 28.4 Å². The molecule has 0 saturated carbocycles. The van der Waals surface area contributed by atoms with Crippen molar-refractivity contribution < 1.29 is 19.4 Å². The smallest absolute Gasteiger partial charge is 0.336 e. The van der Waals surface area contributed by atoms with Crippen molar-refractivity contribution >= 4 is 29.2 Å². The van der Waals surface area contributed by atoms with Crippen LogP contribution in [-0.2, 0) is 6.61 Å². The fourth-order valence-electron chi connectivity index (χ4n) is 2.55. The number of nitrogens with zero attached hydrogens (tertiary/aromatic N) is 1. The summed E-state index contributed by atoms with van der Waals surface area (Å²) in [6.45, 7) is 0.301. The Kier molecular flexibility index (Phi) is 5.84. The van der Waals surface area contributed by atoms with Crippen molar-refractivity contribution in [2.75, 3.05) is 7.11 Å². The predicted molar refractivity (Wildman–Crippen MR) is 104 cm³/mol. The Bertz CT molecular complexity index is 954. The Labute approximate surface area is 166 Å². The summed E-state index contributed by atoms with van der Waals surface area (Å²) in [5, 5.41) is 9.96. The molecule has 27 heavy (non-hydrogen) atoms. The van der Waals surface area contributed by atoms with Gasteiger partial charge in [0.15, 0.2) is 0 Å². The van der Waals surface area contributed by atoms with Gasteiger partial charge in [-0.05, 0) is 59.2 Å². The number of aromatic nitrogens is 1. The molecular formula is C20H15Cl2NO4. The van der Waals surface area contributed by atoms with Gasteiger partial charge in [-0.25, -0.2) is 9.78 Å². The van der Waals surface area contributed by atoms with Gasteiger partial charge in [-0.1, -0.05) is 35.3 Å². The van der Waals surface area contributed by atoms with Crippen molar-refractivity contribution in [1.29, 1.82) is 0 Å². The molecule has 3 rings (SSSR count). The first-order valence-corrected chi connectivity index (χ1v) is 8.68. The molecular weight excluding hydrogens is 389 g/mol. The standard InChI is InChI=1S/C20H15Cl2NO4/c1-26-14-4-2-12(3-5-14)11-27-15-6-7-16(17(10-15)20(24)25)13-8-18(21)23-19(22)9-13/h2-10H,11H2,1H3,(H,24,25). The molecule has 0 fully saturated rings. The zero-order valence-electron chi connectivity index (χ0n) is 14.3. The zero-order valence-corrected chi connectivity index (χ0v) is 15.8. The number of methoxy groups -OCH3 is 1. The van der Waals surface area contributed by atoms with Crippen LogP contribution in [-0.4, -0.2) is 23.2 Å². The summed E-state index contributed by atoms with van der Waals surface area (Å²) >= 11 is 11.9. The Morgan fingerprint density at radius 2 is 1.63 bits per heavy atom. The molecule has 0 aliphatic carbocycles. The lowest BCUT2D eigenvalue weighted by Crippen LogP contribution is -2.02. The van der Waals surface area contributed by atoms with Crippen molar-refractivity contribution in [3.05, 3.63) is 76.0 Å². The largest absolute Gasteiger partial charge is 0.497 e. The number of hydrogen-bond donors (Lipinski definition) is 1. The normalized spacial score (nSPS) is 10.5. The summed E-state index contributed by atoms with van der Waals surface area (Å²) in [6.07, 6.45) is 0. The van der Waals surface area contributed by atoms with Crippen molar-refractivity contribution in [3.63, 3.8) is 0 Å². The van der Waals surface area contributed by atoms with E-state index in [1.165, 1.54) is 6.07 Å². The molecule has 1 heterocycles. The number of carbonyl (C=O) groups is 1. The molecule has 0 radical (unpaired) electrons. The van der Waals surface area contributed by atoms with E-state index in [1.54, 1.807) is 31.4 Å². The maximum atomic E-state index is 11.7. The predicted octanol–water partition coefficient (Wildman–Crippen LogP) is 5.34. The molecule has 0 aliphatic rings. The molecule has 0 spiro atoms. The highest BCUT2D eigenvalue weighted by Gasteiger charge is 2.15. The van der Waals surface area contributed by atoms with Crippen LogP contribution in [0.2, 0.25) is 10.3 Å². The summed E-state index contributed by atoms with van der Waals surface area (Å²) in [4.78, 5) is 15.6. The molecule has 5 nitrogen and oxygen atoms in total. The van der Waals surface area contributed by atoms with Crippen molar-refractivity contribution in [2.45, 2.75) is 6.61 Å². The summed E-state index contributed by atoms with van der Waals surface area (Å²) in [5.41, 5.74) is 2.06. The van der Waals surface area contributed by atoms with Crippen LogP contribution >= 0.6 is 23.2 Å². The van der Waals surface area contributed by atoms with Crippen LogP contribution in [0, 0.1) is 0 Å². The number of halogens is 2. The van der Waals surface area contributed by atoms with Crippen LogP contribution in [0.1, 0.15) is 15.9 Å². The topological polar surface area (TPSA) is 68.7 Å². The third kappa shape index (κ3) is 4.70. The van der Waals surface area contributed by atoms with Gasteiger partial charge in [-0.15, -0.1) is 0 Å². The highest BCUT2D eigenvalue weighted by molar-refractivity contribution is 6.32. The SMILES string of the molecule is COc1ccc(COc2ccc(-c3cc(Cl)nc(Cl)c3)c(C(=O)O)c2)cc1. The van der Waals surface area contributed by atoms with Crippen LogP contribution in [0.25, 0.3) is 11.1 Å². The van der Waals surface area contributed by atoms with E-state index < -0.39 is 5.97 Å². The summed E-state index contributed by atoms with van der Waals surface area (Å²) in [7, 11) is 1.60. The first kappa shape index (κ1) is 19.0. The molecule has 1 aromatic heterocycles. The van der Waals surface area contributed by atoms with Gasteiger partial charge in [0.2, 0.25) is 0 Å². The van der Waals surface area contributed by atoms with Crippen LogP contribution in [0.15, 0.2) is 54.6 Å². The van der Waals surface area contributed by atoms with Crippen LogP contribution in [0.3, 0.4) is 0 Å². The minimum Gasteiger partial charge on any atom is -0.497 e. The van der Waals surface area contributed by atoms with Gasteiger partial charge < -0.3 is 14.6 Å². The van der Waals surface area contributed by atoms with E-state index in [1.807, 2.05) is 24.3 Å².